The van der Waals surface area contributed by atoms with Crippen LogP contribution in [0.15, 0.2) is 40.6 Å². The van der Waals surface area contributed by atoms with Crippen molar-refractivity contribution in [3.63, 3.8) is 0 Å². The van der Waals surface area contributed by atoms with Gasteiger partial charge < -0.3 is 19.1 Å². The Morgan fingerprint density at radius 1 is 1.23 bits per heavy atom. The quantitative estimate of drug-likeness (QED) is 0.559. The normalized spacial score (nSPS) is 16.0. The van der Waals surface area contributed by atoms with Crippen LogP contribution in [0.3, 0.4) is 0 Å². The number of aromatic nitrogens is 1. The second-order valence-corrected chi connectivity index (χ2v) is 9.52. The predicted molar refractivity (Wildman–Crippen MR) is 112 cm³/mol. The van der Waals surface area contributed by atoms with Crippen LogP contribution in [0.25, 0.3) is 10.2 Å². The van der Waals surface area contributed by atoms with Gasteiger partial charge in [-0.15, -0.1) is 11.3 Å². The molecular formula is C21H19ClF3NO4S. The highest BCUT2D eigenvalue weighted by Crippen LogP contribution is 2.47. The Morgan fingerprint density at radius 2 is 1.97 bits per heavy atom. The Balaban J connectivity index is 1.76. The van der Waals surface area contributed by atoms with Crippen molar-refractivity contribution in [1.29, 1.82) is 0 Å². The number of thiophene rings is 1. The second-order valence-electron chi connectivity index (χ2n) is 8.20. The highest BCUT2D eigenvalue weighted by atomic mass is 35.5. The molecule has 10 heteroatoms. The molecule has 1 aliphatic heterocycles. The fourth-order valence-corrected chi connectivity index (χ4v) is 5.14. The van der Waals surface area contributed by atoms with Gasteiger partial charge in [0.05, 0.1) is 16.8 Å². The molecule has 0 aliphatic carbocycles. The van der Waals surface area contributed by atoms with Gasteiger partial charge >= 0.3 is 6.18 Å². The summed E-state index contributed by atoms with van der Waals surface area (Å²) >= 11 is 7.05. The number of para-hydroxylation sites is 1. The Kier molecular flexibility index (Phi) is 5.27. The minimum atomic E-state index is -4.95. The predicted octanol–water partition coefficient (Wildman–Crippen LogP) is 5.11. The zero-order chi connectivity index (χ0) is 22.6. The van der Waals surface area contributed by atoms with Gasteiger partial charge in [0.15, 0.2) is 17.1 Å². The van der Waals surface area contributed by atoms with Gasteiger partial charge in [0.1, 0.15) is 5.02 Å². The zero-order valence-electron chi connectivity index (χ0n) is 16.6. The fourth-order valence-electron chi connectivity index (χ4n) is 4.02. The lowest BCUT2D eigenvalue weighted by molar-refractivity contribution is -0.271. The van der Waals surface area contributed by atoms with E-state index in [0.717, 1.165) is 17.5 Å². The molecule has 0 spiro atoms. The Morgan fingerprint density at radius 3 is 2.68 bits per heavy atom. The van der Waals surface area contributed by atoms with Gasteiger partial charge in [-0.1, -0.05) is 37.6 Å². The number of benzene rings is 1. The Bertz CT molecular complexity index is 1200. The number of hydrogen-bond acceptors (Lipinski definition) is 5. The molecule has 1 aromatic carbocycles. The van der Waals surface area contributed by atoms with Crippen LogP contribution in [0.2, 0.25) is 5.02 Å². The van der Waals surface area contributed by atoms with E-state index in [0.29, 0.717) is 17.1 Å². The molecule has 1 aliphatic rings. The van der Waals surface area contributed by atoms with E-state index in [9.17, 15) is 23.1 Å². The van der Waals surface area contributed by atoms with E-state index in [2.05, 4.69) is 0 Å². The van der Waals surface area contributed by atoms with Crippen LogP contribution >= 0.6 is 22.9 Å². The van der Waals surface area contributed by atoms with Crippen LogP contribution in [-0.2, 0) is 12.0 Å². The van der Waals surface area contributed by atoms with Gasteiger partial charge in [0.2, 0.25) is 12.2 Å². The number of ether oxygens (including phenoxy) is 2. The molecule has 0 bridgehead atoms. The van der Waals surface area contributed by atoms with Crippen LogP contribution in [0.5, 0.6) is 11.5 Å². The summed E-state index contributed by atoms with van der Waals surface area (Å²) in [6.45, 7) is 2.39. The summed E-state index contributed by atoms with van der Waals surface area (Å²) in [4.78, 5) is 12.2. The first-order valence-corrected chi connectivity index (χ1v) is 10.6. The van der Waals surface area contributed by atoms with Gasteiger partial charge in [-0.3, -0.25) is 4.79 Å². The van der Waals surface area contributed by atoms with Crippen molar-refractivity contribution in [3.8, 4) is 11.5 Å². The Labute approximate surface area is 184 Å². The van der Waals surface area contributed by atoms with Gasteiger partial charge in [0.25, 0.3) is 0 Å². The lowest BCUT2D eigenvalue weighted by Gasteiger charge is -2.38. The fraction of sp³-hybridized carbons (Fsp3) is 0.381. The third-order valence-electron chi connectivity index (χ3n) is 5.47. The van der Waals surface area contributed by atoms with E-state index < -0.39 is 35.6 Å². The number of nitrogens with zero attached hydrogens (tertiary/aromatic N) is 1. The number of pyridine rings is 1. The highest BCUT2D eigenvalue weighted by Gasteiger charge is 2.56. The maximum atomic E-state index is 14.2. The third-order valence-corrected chi connectivity index (χ3v) is 6.64. The molecular weight excluding hydrogens is 455 g/mol. The first kappa shape index (κ1) is 22.0. The summed E-state index contributed by atoms with van der Waals surface area (Å²) in [7, 11) is 0. The van der Waals surface area contributed by atoms with E-state index in [-0.39, 0.29) is 22.0 Å². The maximum Gasteiger partial charge on any atom is 0.418 e. The maximum absolute atomic E-state index is 14.2. The smallest absolute Gasteiger partial charge is 0.418 e. The van der Waals surface area contributed by atoms with Crippen LogP contribution in [0.1, 0.15) is 25.8 Å². The topological polar surface area (TPSA) is 60.7 Å². The van der Waals surface area contributed by atoms with E-state index in [1.165, 1.54) is 10.6 Å². The summed E-state index contributed by atoms with van der Waals surface area (Å²) in [5, 5.41) is 12.4. The van der Waals surface area contributed by atoms with Crippen LogP contribution in [0, 0.1) is 0 Å². The SMILES string of the molecule is CC(C)(CC(O)(Cn1cc(Cl)c(=O)c2sccc21)C(F)(F)F)c1cccc2c1OCO2. The molecule has 5 nitrogen and oxygen atoms in total. The van der Waals surface area contributed by atoms with Gasteiger partial charge in [-0.05, 0) is 29.3 Å². The molecule has 31 heavy (non-hydrogen) atoms. The van der Waals surface area contributed by atoms with E-state index >= 15 is 0 Å². The Hall–Kier alpha value is -2.23. The van der Waals surface area contributed by atoms with Gasteiger partial charge in [0, 0.05) is 11.8 Å². The van der Waals surface area contributed by atoms with Gasteiger partial charge in [-0.2, -0.15) is 13.2 Å². The first-order valence-electron chi connectivity index (χ1n) is 9.37. The molecule has 0 radical (unpaired) electrons. The molecule has 0 saturated heterocycles. The average molecular weight is 474 g/mol. The first-order chi connectivity index (χ1) is 14.4. The molecule has 3 heterocycles. The van der Waals surface area contributed by atoms with Crippen LogP contribution < -0.4 is 14.9 Å². The molecule has 1 N–H and O–H groups in total. The van der Waals surface area contributed by atoms with Crippen LogP contribution in [0.4, 0.5) is 13.2 Å². The van der Waals surface area contributed by atoms with Crippen molar-refractivity contribution in [3.05, 3.63) is 56.7 Å². The molecule has 0 fully saturated rings. The molecule has 1 atom stereocenters. The van der Waals surface area contributed by atoms with E-state index in [1.54, 1.807) is 37.4 Å². The standard InChI is InChI=1S/C21H19ClF3NO4S/c1-19(2,12-4-3-5-15-17(12)30-11-29-15)9-20(28,21(23,24)25)10-26-8-13(22)16(27)18-14(26)6-7-31-18/h3-8,28H,9-11H2,1-2H3. The largest absolute Gasteiger partial charge is 0.454 e. The minimum Gasteiger partial charge on any atom is -0.454 e. The number of rotatable bonds is 5. The molecule has 1 unspecified atom stereocenters. The summed E-state index contributed by atoms with van der Waals surface area (Å²) in [6.07, 6.45) is -4.46. The minimum absolute atomic E-state index is 0.0159. The number of halogens is 4. The van der Waals surface area contributed by atoms with Gasteiger partial charge in [-0.25, -0.2) is 0 Å². The van der Waals surface area contributed by atoms with Crippen molar-refractivity contribution in [2.75, 3.05) is 6.79 Å². The number of alkyl halides is 3. The second kappa shape index (κ2) is 7.43. The lowest BCUT2D eigenvalue weighted by Crippen LogP contribution is -2.52. The molecule has 2 aromatic heterocycles. The summed E-state index contributed by atoms with van der Waals surface area (Å²) in [5.74, 6) is 0.831. The zero-order valence-corrected chi connectivity index (χ0v) is 18.2. The summed E-state index contributed by atoms with van der Waals surface area (Å²) in [6, 6.07) is 6.55. The van der Waals surface area contributed by atoms with Crippen molar-refractivity contribution >= 4 is 33.2 Å². The number of aliphatic hydroxyl groups is 1. The monoisotopic (exact) mass is 473 g/mol. The van der Waals surface area contributed by atoms with Crippen molar-refractivity contribution in [2.45, 2.75) is 44.0 Å². The van der Waals surface area contributed by atoms with Crippen molar-refractivity contribution in [2.24, 2.45) is 0 Å². The third kappa shape index (κ3) is 3.79. The van der Waals surface area contributed by atoms with Crippen molar-refractivity contribution in [1.82, 2.24) is 4.57 Å². The van der Waals surface area contributed by atoms with E-state index in [1.807, 2.05) is 0 Å². The molecule has 4 rings (SSSR count). The molecule has 3 aromatic rings. The molecule has 0 saturated carbocycles. The molecule has 0 amide bonds. The van der Waals surface area contributed by atoms with Crippen LogP contribution in [-0.4, -0.2) is 28.2 Å². The molecule has 166 valence electrons. The summed E-state index contributed by atoms with van der Waals surface area (Å²) < 4.78 is 54.8. The number of hydrogen-bond donors (Lipinski definition) is 1. The summed E-state index contributed by atoms with van der Waals surface area (Å²) in [5.41, 5.74) is -3.89. The lowest BCUT2D eigenvalue weighted by atomic mass is 9.74. The highest BCUT2D eigenvalue weighted by molar-refractivity contribution is 7.17. The number of fused-ring (bicyclic) bond motifs is 2. The van der Waals surface area contributed by atoms with Crippen molar-refractivity contribution < 1.29 is 27.8 Å². The van der Waals surface area contributed by atoms with E-state index in [4.69, 9.17) is 21.1 Å². The average Bonchev–Trinajstić information content (AvgIpc) is 3.33.